The first kappa shape index (κ1) is 15.3. The molecule has 1 heterocycles. The van der Waals surface area contributed by atoms with Crippen LogP contribution >= 0.6 is 11.6 Å². The molecule has 0 radical (unpaired) electrons. The van der Waals surface area contributed by atoms with Crippen molar-refractivity contribution in [3.05, 3.63) is 59.2 Å². The van der Waals surface area contributed by atoms with Crippen LogP contribution in [0.15, 0.2) is 36.5 Å². The molecule has 0 saturated carbocycles. The third kappa shape index (κ3) is 4.47. The fraction of sp³-hybridized carbons (Fsp3) is 0.235. The summed E-state index contributed by atoms with van der Waals surface area (Å²) in [4.78, 5) is 4.26. The lowest BCUT2D eigenvalue weighted by Crippen LogP contribution is -2.01. The predicted octanol–water partition coefficient (Wildman–Crippen LogP) is 4.09. The molecule has 108 valence electrons. The molecule has 2 nitrogen and oxygen atoms in total. The number of aromatic nitrogens is 1. The van der Waals surface area contributed by atoms with E-state index in [1.165, 1.54) is 12.1 Å². The molecule has 21 heavy (non-hydrogen) atoms. The Balaban J connectivity index is 2.16. The highest BCUT2D eigenvalue weighted by Gasteiger charge is 2.05. The Kier molecular flexibility index (Phi) is 5.59. The van der Waals surface area contributed by atoms with E-state index in [-0.39, 0.29) is 5.82 Å². The second-order valence-corrected chi connectivity index (χ2v) is 4.81. The van der Waals surface area contributed by atoms with E-state index >= 15 is 0 Å². The number of ether oxygens (including phenoxy) is 1. The van der Waals surface area contributed by atoms with Crippen LogP contribution in [0.1, 0.15) is 23.2 Å². The van der Waals surface area contributed by atoms with Gasteiger partial charge in [0.05, 0.1) is 11.3 Å². The number of benzene rings is 1. The zero-order chi connectivity index (χ0) is 15.1. The zero-order valence-corrected chi connectivity index (χ0v) is 12.5. The van der Waals surface area contributed by atoms with Gasteiger partial charge in [0, 0.05) is 18.5 Å². The van der Waals surface area contributed by atoms with Gasteiger partial charge >= 0.3 is 0 Å². The topological polar surface area (TPSA) is 22.1 Å². The number of hydrogen-bond acceptors (Lipinski definition) is 2. The summed E-state index contributed by atoms with van der Waals surface area (Å²) in [5, 5.41) is 0. The molecule has 0 amide bonds. The summed E-state index contributed by atoms with van der Waals surface area (Å²) in [6, 6.07) is 8.14. The quantitative estimate of drug-likeness (QED) is 0.627. The fourth-order valence-electron chi connectivity index (χ4n) is 1.75. The first-order chi connectivity index (χ1) is 10.2. The molecule has 0 bridgehead atoms. The highest BCUT2D eigenvalue weighted by Crippen LogP contribution is 2.20. The second kappa shape index (κ2) is 7.66. The van der Waals surface area contributed by atoms with Crippen LogP contribution in [-0.4, -0.2) is 10.9 Å². The van der Waals surface area contributed by atoms with Crippen molar-refractivity contribution in [2.24, 2.45) is 0 Å². The predicted molar refractivity (Wildman–Crippen MR) is 81.9 cm³/mol. The molecule has 0 aliphatic carbocycles. The van der Waals surface area contributed by atoms with Gasteiger partial charge in [0.2, 0.25) is 0 Å². The van der Waals surface area contributed by atoms with Crippen LogP contribution in [0.2, 0.25) is 0 Å². The van der Waals surface area contributed by atoms with Gasteiger partial charge in [-0.15, -0.1) is 11.6 Å². The maximum absolute atomic E-state index is 13.3. The number of hydrogen-bond donors (Lipinski definition) is 0. The standard InChI is InChI=1S/C17H15ClFNO/c1-13-5-4-10-20-16(13)12-21-17-8-7-15(19)11-14(17)6-2-3-9-18/h4-5,7-8,10-11H,3,9,12H2,1H3. The van der Waals surface area contributed by atoms with Crippen LogP contribution in [0.4, 0.5) is 4.39 Å². The van der Waals surface area contributed by atoms with Crippen LogP contribution in [-0.2, 0) is 6.61 Å². The molecule has 0 aliphatic heterocycles. The Morgan fingerprint density at radius 1 is 1.33 bits per heavy atom. The maximum atomic E-state index is 13.3. The van der Waals surface area contributed by atoms with Gasteiger partial charge in [0.1, 0.15) is 18.2 Å². The smallest absolute Gasteiger partial charge is 0.135 e. The summed E-state index contributed by atoms with van der Waals surface area (Å²) in [7, 11) is 0. The van der Waals surface area contributed by atoms with Gasteiger partial charge in [-0.2, -0.15) is 0 Å². The minimum absolute atomic E-state index is 0.322. The van der Waals surface area contributed by atoms with Gasteiger partial charge in [0.15, 0.2) is 0 Å². The molecule has 0 spiro atoms. The van der Waals surface area contributed by atoms with Crippen molar-refractivity contribution in [3.8, 4) is 17.6 Å². The van der Waals surface area contributed by atoms with Crippen LogP contribution < -0.4 is 4.74 Å². The first-order valence-electron chi connectivity index (χ1n) is 6.58. The molecule has 0 saturated heterocycles. The number of nitrogens with zero attached hydrogens (tertiary/aromatic N) is 1. The monoisotopic (exact) mass is 303 g/mol. The van der Waals surface area contributed by atoms with Crippen molar-refractivity contribution >= 4 is 11.6 Å². The summed E-state index contributed by atoms with van der Waals surface area (Å²) in [5.74, 6) is 6.42. The Bertz CT molecular complexity index is 676. The molecular weight excluding hydrogens is 289 g/mol. The van der Waals surface area contributed by atoms with E-state index in [1.54, 1.807) is 12.3 Å². The van der Waals surface area contributed by atoms with Gasteiger partial charge in [-0.05, 0) is 36.8 Å². The lowest BCUT2D eigenvalue weighted by Gasteiger charge is -2.09. The summed E-state index contributed by atoms with van der Waals surface area (Å²) in [5.41, 5.74) is 2.42. The molecule has 2 aromatic rings. The van der Waals surface area contributed by atoms with E-state index in [9.17, 15) is 4.39 Å². The average Bonchev–Trinajstić information content (AvgIpc) is 2.48. The number of halogens is 2. The fourth-order valence-corrected chi connectivity index (χ4v) is 1.84. The summed E-state index contributed by atoms with van der Waals surface area (Å²) in [6.07, 6.45) is 2.27. The summed E-state index contributed by atoms with van der Waals surface area (Å²) in [6.45, 7) is 2.29. The van der Waals surface area contributed by atoms with Gasteiger partial charge in [0.25, 0.3) is 0 Å². The van der Waals surface area contributed by atoms with Gasteiger partial charge in [-0.3, -0.25) is 4.98 Å². The molecule has 0 N–H and O–H groups in total. The van der Waals surface area contributed by atoms with Crippen LogP contribution in [0.25, 0.3) is 0 Å². The second-order valence-electron chi connectivity index (χ2n) is 4.44. The van der Waals surface area contributed by atoms with E-state index in [2.05, 4.69) is 16.8 Å². The minimum atomic E-state index is -0.341. The van der Waals surface area contributed by atoms with Gasteiger partial charge < -0.3 is 4.74 Å². The molecule has 0 atom stereocenters. The number of aryl methyl sites for hydroxylation is 1. The van der Waals surface area contributed by atoms with Crippen LogP contribution in [0, 0.1) is 24.6 Å². The Labute approximate surface area is 128 Å². The first-order valence-corrected chi connectivity index (χ1v) is 7.12. The van der Waals surface area contributed by atoms with E-state index in [0.717, 1.165) is 11.3 Å². The highest BCUT2D eigenvalue weighted by atomic mass is 35.5. The van der Waals surface area contributed by atoms with Crippen LogP contribution in [0.3, 0.4) is 0 Å². The third-order valence-electron chi connectivity index (χ3n) is 2.87. The maximum Gasteiger partial charge on any atom is 0.135 e. The van der Waals surface area contributed by atoms with E-state index < -0.39 is 0 Å². The van der Waals surface area contributed by atoms with Crippen LogP contribution in [0.5, 0.6) is 5.75 Å². The highest BCUT2D eigenvalue weighted by molar-refractivity contribution is 6.18. The average molecular weight is 304 g/mol. The molecule has 1 aromatic carbocycles. The molecule has 2 rings (SSSR count). The molecule has 0 fully saturated rings. The van der Waals surface area contributed by atoms with Crippen molar-refractivity contribution in [1.82, 2.24) is 4.98 Å². The molecule has 4 heteroatoms. The van der Waals surface area contributed by atoms with Crippen molar-refractivity contribution < 1.29 is 9.13 Å². The van der Waals surface area contributed by atoms with E-state index in [0.29, 0.717) is 30.2 Å². The van der Waals surface area contributed by atoms with Gasteiger partial charge in [-0.1, -0.05) is 17.9 Å². The molecule has 0 aliphatic rings. The Hall–Kier alpha value is -2.05. The number of pyridine rings is 1. The Morgan fingerprint density at radius 2 is 2.19 bits per heavy atom. The van der Waals surface area contributed by atoms with E-state index in [1.807, 2.05) is 19.1 Å². The molecule has 0 unspecified atom stereocenters. The number of alkyl halides is 1. The lowest BCUT2D eigenvalue weighted by atomic mass is 10.2. The molecule has 1 aromatic heterocycles. The third-order valence-corrected chi connectivity index (χ3v) is 3.06. The SMILES string of the molecule is Cc1cccnc1COc1ccc(F)cc1C#CCCCl. The van der Waals surface area contributed by atoms with Crippen molar-refractivity contribution in [3.63, 3.8) is 0 Å². The molecular formula is C17H15ClFNO. The minimum Gasteiger partial charge on any atom is -0.486 e. The Morgan fingerprint density at radius 3 is 2.95 bits per heavy atom. The van der Waals surface area contributed by atoms with Crippen molar-refractivity contribution in [1.29, 1.82) is 0 Å². The lowest BCUT2D eigenvalue weighted by molar-refractivity contribution is 0.299. The number of rotatable bonds is 4. The van der Waals surface area contributed by atoms with Crippen molar-refractivity contribution in [2.45, 2.75) is 20.0 Å². The summed E-state index contributed by atoms with van der Waals surface area (Å²) >= 11 is 5.58. The normalized spacial score (nSPS) is 9.86. The van der Waals surface area contributed by atoms with E-state index in [4.69, 9.17) is 16.3 Å². The largest absolute Gasteiger partial charge is 0.486 e. The zero-order valence-electron chi connectivity index (χ0n) is 11.7. The summed E-state index contributed by atoms with van der Waals surface area (Å²) < 4.78 is 19.0. The van der Waals surface area contributed by atoms with Gasteiger partial charge in [-0.25, -0.2) is 4.39 Å². The van der Waals surface area contributed by atoms with Crippen molar-refractivity contribution in [2.75, 3.05) is 5.88 Å².